The van der Waals surface area contributed by atoms with Crippen LogP contribution in [-0.4, -0.2) is 46.2 Å². The highest BCUT2D eigenvalue weighted by atomic mass is 35.5. The van der Waals surface area contributed by atoms with E-state index < -0.39 is 0 Å². The fraction of sp³-hybridized carbons (Fsp3) is 0.615. The number of piperidine rings is 1. The van der Waals surface area contributed by atoms with Crippen LogP contribution in [0.15, 0.2) is 6.07 Å². The summed E-state index contributed by atoms with van der Waals surface area (Å²) >= 11 is 11.7. The zero-order valence-corrected chi connectivity index (χ0v) is 12.5. The number of nitrogens with one attached hydrogen (secondary N) is 1. The van der Waals surface area contributed by atoms with Gasteiger partial charge in [0, 0.05) is 18.6 Å². The zero-order valence-electron chi connectivity index (χ0n) is 11.0. The van der Waals surface area contributed by atoms with Crippen LogP contribution in [0.4, 0.5) is 0 Å². The Morgan fingerprint density at radius 1 is 1.30 bits per heavy atom. The third-order valence-electron chi connectivity index (χ3n) is 4.12. The second kappa shape index (κ2) is 5.84. The molecule has 1 aromatic rings. The monoisotopic (exact) mass is 314 g/mol. The number of halogens is 2. The number of fused-ring (bicyclic) bond motifs is 1. The summed E-state index contributed by atoms with van der Waals surface area (Å²) in [6.45, 7) is 2.25. The average Bonchev–Trinajstić information content (AvgIpc) is 2.89. The van der Waals surface area contributed by atoms with E-state index in [1.165, 1.54) is 25.5 Å². The standard InChI is InChI=1S/C13H16Cl2N4O/c14-11-7-10(12(15)18-17-11)13(20)16-8-3-5-19-4-1-2-9(19)6-8/h7-9H,1-6H2,(H,16,20). The molecule has 20 heavy (non-hydrogen) atoms. The molecule has 1 amide bonds. The average molecular weight is 315 g/mol. The molecule has 3 heterocycles. The van der Waals surface area contributed by atoms with Crippen LogP contribution >= 0.6 is 23.2 Å². The summed E-state index contributed by atoms with van der Waals surface area (Å²) < 4.78 is 0. The van der Waals surface area contributed by atoms with Crippen molar-refractivity contribution >= 4 is 29.1 Å². The van der Waals surface area contributed by atoms with Crippen LogP contribution in [0.1, 0.15) is 36.0 Å². The maximum absolute atomic E-state index is 12.2. The predicted octanol–water partition coefficient (Wildman–Crippen LogP) is 2.14. The number of rotatable bonds is 2. The molecule has 2 saturated heterocycles. The Bertz CT molecular complexity index is 525. The van der Waals surface area contributed by atoms with Gasteiger partial charge >= 0.3 is 0 Å². The molecule has 0 radical (unpaired) electrons. The maximum atomic E-state index is 12.2. The molecule has 0 bridgehead atoms. The smallest absolute Gasteiger partial charge is 0.254 e. The Balaban J connectivity index is 1.65. The molecule has 0 spiro atoms. The van der Waals surface area contributed by atoms with E-state index in [2.05, 4.69) is 20.4 Å². The van der Waals surface area contributed by atoms with Crippen LogP contribution in [-0.2, 0) is 0 Å². The van der Waals surface area contributed by atoms with Crippen molar-refractivity contribution in [1.82, 2.24) is 20.4 Å². The summed E-state index contributed by atoms with van der Waals surface area (Å²) in [6, 6.07) is 2.27. The summed E-state index contributed by atoms with van der Waals surface area (Å²) in [4.78, 5) is 14.8. The van der Waals surface area contributed by atoms with Gasteiger partial charge in [-0.25, -0.2) is 0 Å². The quantitative estimate of drug-likeness (QED) is 0.908. The molecule has 5 nitrogen and oxygen atoms in total. The second-order valence-corrected chi connectivity index (χ2v) is 6.14. The van der Waals surface area contributed by atoms with Gasteiger partial charge in [0.1, 0.15) is 0 Å². The van der Waals surface area contributed by atoms with Gasteiger partial charge < -0.3 is 10.2 Å². The summed E-state index contributed by atoms with van der Waals surface area (Å²) in [7, 11) is 0. The minimum absolute atomic E-state index is 0.0882. The minimum Gasteiger partial charge on any atom is -0.349 e. The lowest BCUT2D eigenvalue weighted by molar-refractivity contribution is 0.0896. The zero-order chi connectivity index (χ0) is 14.1. The lowest BCUT2D eigenvalue weighted by Crippen LogP contribution is -2.47. The third kappa shape index (κ3) is 2.90. The first-order valence-corrected chi connectivity index (χ1v) is 7.62. The number of aromatic nitrogens is 2. The minimum atomic E-state index is -0.219. The molecule has 2 aliphatic rings. The van der Waals surface area contributed by atoms with Gasteiger partial charge in [-0.05, 0) is 38.3 Å². The number of hydrogen-bond donors (Lipinski definition) is 1. The summed E-state index contributed by atoms with van der Waals surface area (Å²) in [6.07, 6.45) is 4.48. The van der Waals surface area contributed by atoms with Crippen molar-refractivity contribution in [3.63, 3.8) is 0 Å². The highest BCUT2D eigenvalue weighted by Gasteiger charge is 2.32. The fourth-order valence-corrected chi connectivity index (χ4v) is 3.46. The van der Waals surface area contributed by atoms with Gasteiger partial charge in [0.2, 0.25) is 0 Å². The molecular weight excluding hydrogens is 299 g/mol. The second-order valence-electron chi connectivity index (χ2n) is 5.40. The molecule has 2 fully saturated rings. The van der Waals surface area contributed by atoms with Crippen molar-refractivity contribution in [2.24, 2.45) is 0 Å². The van der Waals surface area contributed by atoms with Crippen LogP contribution in [0.25, 0.3) is 0 Å². The topological polar surface area (TPSA) is 58.1 Å². The fourth-order valence-electron chi connectivity index (χ4n) is 3.13. The molecule has 2 atom stereocenters. The number of hydrogen-bond acceptors (Lipinski definition) is 4. The number of amides is 1. The van der Waals surface area contributed by atoms with Crippen LogP contribution in [0.3, 0.4) is 0 Å². The molecule has 0 aliphatic carbocycles. The first-order valence-electron chi connectivity index (χ1n) is 6.87. The molecule has 7 heteroatoms. The van der Waals surface area contributed by atoms with Crippen molar-refractivity contribution in [3.8, 4) is 0 Å². The molecule has 0 saturated carbocycles. The molecular formula is C13H16Cl2N4O. The summed E-state index contributed by atoms with van der Waals surface area (Å²) in [5.41, 5.74) is 0.292. The highest BCUT2D eigenvalue weighted by molar-refractivity contribution is 6.34. The van der Waals surface area contributed by atoms with Crippen molar-refractivity contribution in [3.05, 3.63) is 21.9 Å². The number of carbonyl (C=O) groups excluding carboxylic acids is 1. The first-order chi connectivity index (χ1) is 9.63. The van der Waals surface area contributed by atoms with Crippen molar-refractivity contribution < 1.29 is 4.79 Å². The van der Waals surface area contributed by atoms with Crippen molar-refractivity contribution in [2.75, 3.05) is 13.1 Å². The van der Waals surface area contributed by atoms with E-state index in [-0.39, 0.29) is 22.3 Å². The molecule has 1 aromatic heterocycles. The lowest BCUT2D eigenvalue weighted by Gasteiger charge is -2.35. The van der Waals surface area contributed by atoms with Gasteiger partial charge in [-0.3, -0.25) is 4.79 Å². The van der Waals surface area contributed by atoms with E-state index >= 15 is 0 Å². The Hall–Kier alpha value is -0.910. The van der Waals surface area contributed by atoms with Gasteiger partial charge in [0.25, 0.3) is 5.91 Å². The maximum Gasteiger partial charge on any atom is 0.254 e. The van der Waals surface area contributed by atoms with Crippen LogP contribution in [0.5, 0.6) is 0 Å². The van der Waals surface area contributed by atoms with Crippen LogP contribution in [0.2, 0.25) is 10.3 Å². The molecule has 108 valence electrons. The highest BCUT2D eigenvalue weighted by Crippen LogP contribution is 2.27. The summed E-state index contributed by atoms with van der Waals surface area (Å²) in [5.74, 6) is -0.219. The number of carbonyl (C=O) groups is 1. The van der Waals surface area contributed by atoms with Crippen molar-refractivity contribution in [1.29, 1.82) is 0 Å². The molecule has 2 unspecified atom stereocenters. The predicted molar refractivity (Wildman–Crippen MR) is 77.1 cm³/mol. The molecule has 1 N–H and O–H groups in total. The van der Waals surface area contributed by atoms with Gasteiger partial charge in [0.15, 0.2) is 10.3 Å². The largest absolute Gasteiger partial charge is 0.349 e. The van der Waals surface area contributed by atoms with E-state index in [4.69, 9.17) is 23.2 Å². The SMILES string of the molecule is O=C(NC1CCN2CCCC2C1)c1cc(Cl)nnc1Cl. The normalized spacial score (nSPS) is 26.3. The van der Waals surface area contributed by atoms with E-state index in [0.717, 1.165) is 19.4 Å². The van der Waals surface area contributed by atoms with Gasteiger partial charge in [-0.2, -0.15) is 0 Å². The van der Waals surface area contributed by atoms with Gasteiger partial charge in [-0.1, -0.05) is 23.2 Å². The van der Waals surface area contributed by atoms with Crippen LogP contribution < -0.4 is 5.32 Å². The van der Waals surface area contributed by atoms with Gasteiger partial charge in [-0.15, -0.1) is 10.2 Å². The molecule has 2 aliphatic heterocycles. The first kappa shape index (κ1) is 14.0. The van der Waals surface area contributed by atoms with E-state index in [0.29, 0.717) is 11.6 Å². The molecule has 3 rings (SSSR count). The lowest BCUT2D eigenvalue weighted by atomic mass is 9.97. The van der Waals surface area contributed by atoms with E-state index in [1.54, 1.807) is 0 Å². The Morgan fingerprint density at radius 2 is 2.15 bits per heavy atom. The summed E-state index contributed by atoms with van der Waals surface area (Å²) in [5, 5.41) is 10.6. The molecule has 0 aromatic carbocycles. The Labute approximate surface area is 127 Å². The van der Waals surface area contributed by atoms with Crippen molar-refractivity contribution in [2.45, 2.75) is 37.8 Å². The van der Waals surface area contributed by atoms with Gasteiger partial charge in [0.05, 0.1) is 5.56 Å². The number of nitrogens with zero attached hydrogens (tertiary/aromatic N) is 3. The third-order valence-corrected chi connectivity index (χ3v) is 4.58. The van der Waals surface area contributed by atoms with Crippen LogP contribution in [0, 0.1) is 0 Å². The van der Waals surface area contributed by atoms with E-state index in [1.807, 2.05) is 0 Å². The Kier molecular flexibility index (Phi) is 4.10. The van der Waals surface area contributed by atoms with E-state index in [9.17, 15) is 4.79 Å². The Morgan fingerprint density at radius 3 is 3.00 bits per heavy atom.